The van der Waals surface area contributed by atoms with Crippen LogP contribution in [0.1, 0.15) is 46.3 Å². The van der Waals surface area contributed by atoms with Crippen LogP contribution >= 0.6 is 0 Å². The molecule has 180 valence electrons. The van der Waals surface area contributed by atoms with E-state index in [0.29, 0.717) is 42.4 Å². The number of fused-ring (bicyclic) bond motifs is 1. The van der Waals surface area contributed by atoms with E-state index in [1.54, 1.807) is 37.6 Å². The number of nitrogens with zero attached hydrogens (tertiary/aromatic N) is 3. The lowest BCUT2D eigenvalue weighted by atomic mass is 10.1. The minimum absolute atomic E-state index is 0.0363. The Kier molecular flexibility index (Phi) is 6.07. The van der Waals surface area contributed by atoms with Crippen LogP contribution in [0.2, 0.25) is 0 Å². The van der Waals surface area contributed by atoms with Crippen molar-refractivity contribution in [1.29, 1.82) is 0 Å². The van der Waals surface area contributed by atoms with Crippen molar-refractivity contribution in [3.05, 3.63) is 89.8 Å². The average molecular weight is 472 g/mol. The molecule has 1 saturated heterocycles. The molecule has 0 saturated carbocycles. The third-order valence-electron chi connectivity index (χ3n) is 6.85. The van der Waals surface area contributed by atoms with Gasteiger partial charge in [0.1, 0.15) is 11.4 Å². The van der Waals surface area contributed by atoms with E-state index < -0.39 is 0 Å². The van der Waals surface area contributed by atoms with Crippen LogP contribution in [0, 0.1) is 0 Å². The number of aromatic nitrogens is 1. The molecule has 0 N–H and O–H groups in total. The van der Waals surface area contributed by atoms with Gasteiger partial charge in [0.25, 0.3) is 11.8 Å². The van der Waals surface area contributed by atoms with Gasteiger partial charge in [0.05, 0.1) is 19.4 Å². The lowest BCUT2D eigenvalue weighted by Gasteiger charge is -2.40. The molecule has 35 heavy (non-hydrogen) atoms. The van der Waals surface area contributed by atoms with Crippen LogP contribution < -0.4 is 4.74 Å². The molecule has 2 atom stereocenters. The molecule has 0 radical (unpaired) electrons. The zero-order valence-electron chi connectivity index (χ0n) is 20.2. The normalized spacial score (nSPS) is 16.9. The van der Waals surface area contributed by atoms with E-state index in [0.717, 1.165) is 10.9 Å². The lowest BCUT2D eigenvalue weighted by Crippen LogP contribution is -2.55. The van der Waals surface area contributed by atoms with Crippen molar-refractivity contribution in [3.63, 3.8) is 0 Å². The van der Waals surface area contributed by atoms with Crippen molar-refractivity contribution in [2.75, 3.05) is 26.7 Å². The molecular weight excluding hydrogens is 442 g/mol. The molecule has 0 bridgehead atoms. The summed E-state index contributed by atoms with van der Waals surface area (Å²) in [5, 5.41) is 0.900. The van der Waals surface area contributed by atoms with Crippen LogP contribution in [-0.2, 0) is 0 Å². The maximum atomic E-state index is 13.7. The standard InChI is InChI=1S/C28H29N3O4/c1-19-18-29(14-15-30(19)26(32)22-9-11-24(34-3)12-10-22)27(33)25-17-23-13-16-35-28(23)31(25)20(2)21-7-5-4-6-8-21/h4-13,16-17,19-20H,14-15,18H2,1-3H3/t19-,20-/m0/s1. The van der Waals surface area contributed by atoms with Crippen LogP contribution in [0.5, 0.6) is 5.75 Å². The highest BCUT2D eigenvalue weighted by Gasteiger charge is 2.33. The molecule has 0 aliphatic carbocycles. The molecule has 5 rings (SSSR count). The Hall–Kier alpha value is -4.00. The number of benzene rings is 2. The number of rotatable bonds is 5. The highest BCUT2D eigenvalue weighted by molar-refractivity contribution is 5.98. The first-order valence-electron chi connectivity index (χ1n) is 11.9. The second-order valence-corrected chi connectivity index (χ2v) is 8.99. The molecule has 2 amide bonds. The Morgan fingerprint density at radius 2 is 1.74 bits per heavy atom. The zero-order chi connectivity index (χ0) is 24.5. The van der Waals surface area contributed by atoms with Gasteiger partial charge in [0, 0.05) is 36.6 Å². The Balaban J connectivity index is 1.37. The minimum atomic E-state index is -0.111. The molecule has 2 aromatic heterocycles. The van der Waals surface area contributed by atoms with Crippen LogP contribution in [-0.4, -0.2) is 59.0 Å². The predicted octanol–water partition coefficient (Wildman–Crippen LogP) is 4.84. The van der Waals surface area contributed by atoms with Gasteiger partial charge in [0.2, 0.25) is 5.71 Å². The zero-order valence-corrected chi connectivity index (χ0v) is 20.2. The smallest absolute Gasteiger partial charge is 0.270 e. The second kappa shape index (κ2) is 9.33. The number of hydrogen-bond acceptors (Lipinski definition) is 4. The summed E-state index contributed by atoms with van der Waals surface area (Å²) in [5.41, 5.74) is 2.99. The van der Waals surface area contributed by atoms with Crippen LogP contribution in [0.25, 0.3) is 11.1 Å². The average Bonchev–Trinajstić information content (AvgIpc) is 3.49. The number of hydrogen-bond donors (Lipinski definition) is 0. The highest BCUT2D eigenvalue weighted by Crippen LogP contribution is 2.30. The summed E-state index contributed by atoms with van der Waals surface area (Å²) < 4.78 is 12.9. The Labute approximate surface area is 204 Å². The monoisotopic (exact) mass is 471 g/mol. The maximum Gasteiger partial charge on any atom is 0.270 e. The van der Waals surface area contributed by atoms with E-state index in [1.807, 2.05) is 51.6 Å². The van der Waals surface area contributed by atoms with E-state index >= 15 is 0 Å². The molecule has 3 heterocycles. The van der Waals surface area contributed by atoms with E-state index in [4.69, 9.17) is 9.15 Å². The first-order chi connectivity index (χ1) is 17.0. The molecule has 0 spiro atoms. The SMILES string of the molecule is COc1ccc(C(=O)N2CCN(C(=O)c3cc4ccoc4n3[C@@H](C)c3ccccc3)C[C@@H]2C)cc1. The molecule has 4 aromatic rings. The largest absolute Gasteiger partial charge is 0.497 e. The highest BCUT2D eigenvalue weighted by atomic mass is 16.5. The van der Waals surface area contributed by atoms with Crippen molar-refractivity contribution >= 4 is 22.9 Å². The molecule has 1 aliphatic heterocycles. The summed E-state index contributed by atoms with van der Waals surface area (Å²) in [6, 6.07) is 20.8. The number of ether oxygens (including phenoxy) is 1. The first-order valence-corrected chi connectivity index (χ1v) is 11.9. The van der Waals surface area contributed by atoms with Crippen molar-refractivity contribution in [1.82, 2.24) is 14.4 Å². The fraction of sp³-hybridized carbons (Fsp3) is 0.286. The molecule has 0 unspecified atom stereocenters. The number of carbonyl (C=O) groups is 2. The Bertz CT molecular complexity index is 1340. The molecule has 7 nitrogen and oxygen atoms in total. The summed E-state index contributed by atoms with van der Waals surface area (Å²) in [7, 11) is 1.60. The first kappa shape index (κ1) is 22.8. The molecule has 2 aromatic carbocycles. The van der Waals surface area contributed by atoms with Crippen molar-refractivity contribution in [3.8, 4) is 5.75 Å². The number of amides is 2. The molecule has 1 fully saturated rings. The second-order valence-electron chi connectivity index (χ2n) is 8.99. The number of methoxy groups -OCH3 is 1. The van der Waals surface area contributed by atoms with E-state index in [-0.39, 0.29) is 23.9 Å². The van der Waals surface area contributed by atoms with Crippen molar-refractivity contribution in [2.24, 2.45) is 0 Å². The van der Waals surface area contributed by atoms with E-state index in [1.165, 1.54) is 0 Å². The van der Waals surface area contributed by atoms with Gasteiger partial charge in [-0.1, -0.05) is 30.3 Å². The maximum absolute atomic E-state index is 13.7. The van der Waals surface area contributed by atoms with Gasteiger partial charge in [0.15, 0.2) is 0 Å². The number of furan rings is 1. The summed E-state index contributed by atoms with van der Waals surface area (Å²) in [5.74, 6) is 0.622. The molecular formula is C28H29N3O4. The molecule has 7 heteroatoms. The topological polar surface area (TPSA) is 67.9 Å². The quantitative estimate of drug-likeness (QED) is 0.418. The number of carbonyl (C=O) groups excluding carboxylic acids is 2. The van der Waals surface area contributed by atoms with Gasteiger partial charge in [-0.3, -0.25) is 14.2 Å². The van der Waals surface area contributed by atoms with Gasteiger partial charge < -0.3 is 19.0 Å². The van der Waals surface area contributed by atoms with Gasteiger partial charge in [-0.2, -0.15) is 0 Å². The van der Waals surface area contributed by atoms with E-state index in [2.05, 4.69) is 19.1 Å². The van der Waals surface area contributed by atoms with Crippen molar-refractivity contribution in [2.45, 2.75) is 25.9 Å². The summed E-state index contributed by atoms with van der Waals surface area (Å²) >= 11 is 0. The Morgan fingerprint density at radius 3 is 2.43 bits per heavy atom. The fourth-order valence-corrected chi connectivity index (χ4v) is 4.88. The third kappa shape index (κ3) is 4.18. The van der Waals surface area contributed by atoms with Crippen LogP contribution in [0.4, 0.5) is 0 Å². The predicted molar refractivity (Wildman–Crippen MR) is 134 cm³/mol. The summed E-state index contributed by atoms with van der Waals surface area (Å²) in [6.45, 7) is 5.47. The van der Waals surface area contributed by atoms with Gasteiger partial charge >= 0.3 is 0 Å². The van der Waals surface area contributed by atoms with Crippen LogP contribution in [0.15, 0.2) is 77.4 Å². The van der Waals surface area contributed by atoms with Crippen molar-refractivity contribution < 1.29 is 18.7 Å². The van der Waals surface area contributed by atoms with Gasteiger partial charge in [-0.05, 0) is 55.8 Å². The summed E-state index contributed by atoms with van der Waals surface area (Å²) in [4.78, 5) is 30.5. The Morgan fingerprint density at radius 1 is 1.00 bits per heavy atom. The van der Waals surface area contributed by atoms with Gasteiger partial charge in [-0.15, -0.1) is 0 Å². The number of piperazine rings is 1. The summed E-state index contributed by atoms with van der Waals surface area (Å²) in [6.07, 6.45) is 1.65. The third-order valence-corrected chi connectivity index (χ3v) is 6.85. The fourth-order valence-electron chi connectivity index (χ4n) is 4.88. The minimum Gasteiger partial charge on any atom is -0.497 e. The van der Waals surface area contributed by atoms with Gasteiger partial charge in [-0.25, -0.2) is 0 Å². The lowest BCUT2D eigenvalue weighted by molar-refractivity contribution is 0.0409. The van der Waals surface area contributed by atoms with Crippen LogP contribution in [0.3, 0.4) is 0 Å². The van der Waals surface area contributed by atoms with E-state index in [9.17, 15) is 9.59 Å². The molecule has 1 aliphatic rings.